The minimum atomic E-state index is -0.00924. The average Bonchev–Trinajstić information content (AvgIpc) is 3.03. The maximum Gasteiger partial charge on any atom is 0.262 e. The van der Waals surface area contributed by atoms with Crippen molar-refractivity contribution in [3.8, 4) is 0 Å². The van der Waals surface area contributed by atoms with Crippen LogP contribution in [-0.4, -0.2) is 5.91 Å². The molecule has 0 N–H and O–H groups in total. The van der Waals surface area contributed by atoms with Gasteiger partial charge in [0.25, 0.3) is 5.91 Å². The van der Waals surface area contributed by atoms with Crippen LogP contribution in [-0.2, 0) is 4.79 Å². The van der Waals surface area contributed by atoms with Crippen LogP contribution in [0.5, 0.6) is 0 Å². The van der Waals surface area contributed by atoms with Crippen LogP contribution < -0.4 is 4.90 Å². The maximum atomic E-state index is 13.4. The summed E-state index contributed by atoms with van der Waals surface area (Å²) in [5.41, 5.74) is 6.87. The number of carbonyl (C=O) groups is 1. The molecule has 1 amide bonds. The molecule has 3 aromatic carbocycles. The largest absolute Gasteiger partial charge is 0.276 e. The summed E-state index contributed by atoms with van der Waals surface area (Å²) in [5.74, 6) is -0.00924. The molecule has 1 aliphatic rings. The molecule has 3 aromatic rings. The summed E-state index contributed by atoms with van der Waals surface area (Å²) in [4.78, 5) is 15.2. The number of aryl methyl sites for hydroxylation is 2. The first-order valence-corrected chi connectivity index (χ1v) is 9.98. The molecule has 0 atom stereocenters. The van der Waals surface area contributed by atoms with Gasteiger partial charge in [0.05, 0.1) is 5.70 Å². The third-order valence-corrected chi connectivity index (χ3v) is 5.52. The lowest BCUT2D eigenvalue weighted by Gasteiger charge is -2.21. The van der Waals surface area contributed by atoms with Gasteiger partial charge in [-0.3, -0.25) is 9.69 Å². The number of amides is 1. The molecule has 28 heavy (non-hydrogen) atoms. The van der Waals surface area contributed by atoms with Crippen molar-refractivity contribution >= 4 is 39.3 Å². The molecule has 3 heteroatoms. The molecule has 0 saturated carbocycles. The van der Waals surface area contributed by atoms with Crippen LogP contribution in [0.15, 0.2) is 88.9 Å². The van der Waals surface area contributed by atoms with Gasteiger partial charge in [0, 0.05) is 15.7 Å². The van der Waals surface area contributed by atoms with Crippen LogP contribution >= 0.6 is 15.9 Å². The zero-order chi connectivity index (χ0) is 19.7. The highest BCUT2D eigenvalue weighted by Gasteiger charge is 2.30. The third-order valence-electron chi connectivity index (χ3n) is 4.99. The molecule has 0 aliphatic carbocycles. The second-order valence-electron chi connectivity index (χ2n) is 6.96. The normalized spacial score (nSPS) is 15.2. The number of halogens is 1. The van der Waals surface area contributed by atoms with Crippen molar-refractivity contribution in [1.82, 2.24) is 0 Å². The monoisotopic (exact) mass is 429 g/mol. The molecular weight excluding hydrogens is 410 g/mol. The number of anilines is 1. The van der Waals surface area contributed by atoms with E-state index >= 15 is 0 Å². The van der Waals surface area contributed by atoms with Crippen LogP contribution in [0.2, 0.25) is 0 Å². The number of rotatable bonds is 3. The van der Waals surface area contributed by atoms with E-state index in [1.54, 1.807) is 0 Å². The van der Waals surface area contributed by atoms with Gasteiger partial charge in [0.1, 0.15) is 0 Å². The Morgan fingerprint density at radius 1 is 0.857 bits per heavy atom. The van der Waals surface area contributed by atoms with E-state index in [0.717, 1.165) is 27.0 Å². The summed E-state index contributed by atoms with van der Waals surface area (Å²) in [6, 6.07) is 24.2. The first-order valence-electron chi connectivity index (χ1n) is 9.19. The lowest BCUT2D eigenvalue weighted by atomic mass is 10.1. The van der Waals surface area contributed by atoms with E-state index in [-0.39, 0.29) is 5.91 Å². The fraction of sp³-hybridized carbons (Fsp3) is 0.0800. The lowest BCUT2D eigenvalue weighted by molar-refractivity contribution is -0.113. The zero-order valence-corrected chi connectivity index (χ0v) is 17.4. The van der Waals surface area contributed by atoms with Gasteiger partial charge in [-0.25, -0.2) is 0 Å². The molecule has 0 saturated heterocycles. The molecule has 0 aromatic heterocycles. The summed E-state index contributed by atoms with van der Waals surface area (Å²) >= 11 is 3.46. The third kappa shape index (κ3) is 3.58. The molecule has 0 bridgehead atoms. The predicted molar refractivity (Wildman–Crippen MR) is 120 cm³/mol. The zero-order valence-electron chi connectivity index (χ0n) is 15.8. The fourth-order valence-corrected chi connectivity index (χ4v) is 3.56. The van der Waals surface area contributed by atoms with Crippen LogP contribution in [0.1, 0.15) is 22.3 Å². The highest BCUT2D eigenvalue weighted by Crippen LogP contribution is 2.36. The SMILES string of the molecule is Cc1ccc(N2C(=O)/C(=C/c3ccc(Br)cc3)C=C2c2ccccc2)cc1C. The van der Waals surface area contributed by atoms with Crippen molar-refractivity contribution in [3.63, 3.8) is 0 Å². The van der Waals surface area contributed by atoms with Crippen molar-refractivity contribution in [2.75, 3.05) is 4.90 Å². The van der Waals surface area contributed by atoms with Gasteiger partial charge in [0.15, 0.2) is 0 Å². The quantitative estimate of drug-likeness (QED) is 0.432. The predicted octanol–water partition coefficient (Wildman–Crippen LogP) is 6.54. The molecule has 0 unspecified atom stereocenters. The van der Waals surface area contributed by atoms with E-state index in [0.29, 0.717) is 5.57 Å². The molecule has 2 nitrogen and oxygen atoms in total. The topological polar surface area (TPSA) is 20.3 Å². The van der Waals surface area contributed by atoms with Gasteiger partial charge in [-0.1, -0.05) is 64.5 Å². The Bertz CT molecular complexity index is 1100. The smallest absolute Gasteiger partial charge is 0.262 e. The Labute approximate surface area is 174 Å². The molecule has 0 radical (unpaired) electrons. The highest BCUT2D eigenvalue weighted by molar-refractivity contribution is 9.10. The number of carbonyl (C=O) groups excluding carboxylic acids is 1. The van der Waals surface area contributed by atoms with E-state index in [1.807, 2.05) is 77.7 Å². The van der Waals surface area contributed by atoms with Gasteiger partial charge in [0.2, 0.25) is 0 Å². The number of benzene rings is 3. The van der Waals surface area contributed by atoms with Gasteiger partial charge in [-0.05, 0) is 72.5 Å². The van der Waals surface area contributed by atoms with Crippen molar-refractivity contribution in [3.05, 3.63) is 111 Å². The van der Waals surface area contributed by atoms with Crippen molar-refractivity contribution in [2.45, 2.75) is 13.8 Å². The van der Waals surface area contributed by atoms with Gasteiger partial charge >= 0.3 is 0 Å². The minimum Gasteiger partial charge on any atom is -0.276 e. The Morgan fingerprint density at radius 2 is 1.57 bits per heavy atom. The Balaban J connectivity index is 1.82. The minimum absolute atomic E-state index is 0.00924. The van der Waals surface area contributed by atoms with Crippen LogP contribution in [0.4, 0.5) is 5.69 Å². The maximum absolute atomic E-state index is 13.4. The fourth-order valence-electron chi connectivity index (χ4n) is 3.30. The molecule has 1 aliphatic heterocycles. The lowest BCUT2D eigenvalue weighted by Crippen LogP contribution is -2.25. The second-order valence-corrected chi connectivity index (χ2v) is 7.87. The van der Waals surface area contributed by atoms with Crippen LogP contribution in [0.25, 0.3) is 11.8 Å². The van der Waals surface area contributed by atoms with E-state index in [9.17, 15) is 4.79 Å². The molecular formula is C25H20BrNO. The number of nitrogens with zero attached hydrogens (tertiary/aromatic N) is 1. The average molecular weight is 430 g/mol. The Hall–Kier alpha value is -2.91. The van der Waals surface area contributed by atoms with Crippen LogP contribution in [0.3, 0.4) is 0 Å². The molecule has 0 fully saturated rings. The van der Waals surface area contributed by atoms with Crippen molar-refractivity contribution in [1.29, 1.82) is 0 Å². The molecule has 4 rings (SSSR count). The van der Waals surface area contributed by atoms with E-state index in [4.69, 9.17) is 0 Å². The van der Waals surface area contributed by atoms with E-state index in [1.165, 1.54) is 11.1 Å². The van der Waals surface area contributed by atoms with Gasteiger partial charge in [-0.2, -0.15) is 0 Å². The summed E-state index contributed by atoms with van der Waals surface area (Å²) in [5, 5.41) is 0. The molecule has 1 heterocycles. The van der Waals surface area contributed by atoms with Crippen molar-refractivity contribution < 1.29 is 4.79 Å². The Kier molecular flexibility index (Phi) is 5.01. The molecule has 138 valence electrons. The van der Waals surface area contributed by atoms with Crippen molar-refractivity contribution in [2.24, 2.45) is 0 Å². The second kappa shape index (κ2) is 7.61. The summed E-state index contributed by atoms with van der Waals surface area (Å²) < 4.78 is 1.02. The Morgan fingerprint density at radius 3 is 2.25 bits per heavy atom. The summed E-state index contributed by atoms with van der Waals surface area (Å²) in [7, 11) is 0. The molecule has 0 spiro atoms. The number of hydrogen-bond donors (Lipinski definition) is 0. The first-order chi connectivity index (χ1) is 13.5. The van der Waals surface area contributed by atoms with Gasteiger partial charge < -0.3 is 0 Å². The van der Waals surface area contributed by atoms with Crippen LogP contribution in [0, 0.1) is 13.8 Å². The standard InChI is InChI=1S/C25H20BrNO/c1-17-8-13-23(14-18(17)2)27-24(20-6-4-3-5-7-20)16-21(25(27)28)15-19-9-11-22(26)12-10-19/h3-16H,1-2H3/b21-15+. The van der Waals surface area contributed by atoms with E-state index in [2.05, 4.69) is 41.9 Å². The number of hydrogen-bond acceptors (Lipinski definition) is 1. The first kappa shape index (κ1) is 18.5. The summed E-state index contributed by atoms with van der Waals surface area (Å²) in [6.07, 6.45) is 3.92. The highest BCUT2D eigenvalue weighted by atomic mass is 79.9. The van der Waals surface area contributed by atoms with E-state index < -0.39 is 0 Å². The van der Waals surface area contributed by atoms with Gasteiger partial charge in [-0.15, -0.1) is 0 Å². The summed E-state index contributed by atoms with van der Waals surface area (Å²) in [6.45, 7) is 4.15.